The van der Waals surface area contributed by atoms with Gasteiger partial charge in [0.05, 0.1) is 12.1 Å². The van der Waals surface area contributed by atoms with E-state index in [0.717, 1.165) is 6.42 Å². The minimum absolute atomic E-state index is 0.0345. The minimum atomic E-state index is -0.180. The summed E-state index contributed by atoms with van der Waals surface area (Å²) >= 11 is 0. The number of ether oxygens (including phenoxy) is 1. The first-order valence-corrected chi connectivity index (χ1v) is 6.07. The lowest BCUT2D eigenvalue weighted by atomic mass is 9.63. The number of hydrogen-bond donors (Lipinski definition) is 0. The predicted octanol–water partition coefficient (Wildman–Crippen LogP) is 1.51. The van der Waals surface area contributed by atoms with Crippen molar-refractivity contribution in [3.8, 4) is 0 Å². The van der Waals surface area contributed by atoms with Crippen LogP contribution in [0.15, 0.2) is 11.6 Å². The lowest BCUT2D eigenvalue weighted by molar-refractivity contribution is -0.169. The highest BCUT2D eigenvalue weighted by Crippen LogP contribution is 2.46. The molecule has 0 spiro atoms. The van der Waals surface area contributed by atoms with E-state index in [1.165, 1.54) is 11.0 Å². The normalized spacial score (nSPS) is 31.5. The van der Waals surface area contributed by atoms with Gasteiger partial charge in [0.15, 0.2) is 0 Å². The molecule has 2 atom stereocenters. The maximum atomic E-state index is 11.9. The molecule has 0 N–H and O–H groups in total. The molecule has 2 amide bonds. The lowest BCUT2D eigenvalue weighted by Crippen LogP contribution is -2.63. The van der Waals surface area contributed by atoms with Crippen LogP contribution in [0.25, 0.3) is 0 Å². The molecule has 4 nitrogen and oxygen atoms in total. The molecule has 1 saturated carbocycles. The number of imide groups is 1. The van der Waals surface area contributed by atoms with Crippen molar-refractivity contribution < 1.29 is 14.3 Å². The SMILES string of the molecule is CCOC1CC(N2C(=O)C=C(C)C2=O)C1(C)C. The van der Waals surface area contributed by atoms with Crippen molar-refractivity contribution >= 4 is 11.8 Å². The largest absolute Gasteiger partial charge is 0.378 e. The van der Waals surface area contributed by atoms with Crippen LogP contribution in [0.4, 0.5) is 0 Å². The van der Waals surface area contributed by atoms with Gasteiger partial charge in [-0.1, -0.05) is 13.8 Å². The summed E-state index contributed by atoms with van der Waals surface area (Å²) in [6, 6.07) is -0.0345. The number of carbonyl (C=O) groups excluding carboxylic acids is 2. The number of carbonyl (C=O) groups is 2. The Bertz CT molecular complexity index is 397. The van der Waals surface area contributed by atoms with Gasteiger partial charge in [0.25, 0.3) is 11.8 Å². The number of rotatable bonds is 3. The molecule has 1 aliphatic carbocycles. The summed E-state index contributed by atoms with van der Waals surface area (Å²) in [6.07, 6.45) is 2.31. The molecule has 1 heterocycles. The van der Waals surface area contributed by atoms with Gasteiger partial charge in [0.1, 0.15) is 0 Å². The van der Waals surface area contributed by atoms with E-state index in [-0.39, 0.29) is 29.4 Å². The molecule has 0 bridgehead atoms. The predicted molar refractivity (Wildman–Crippen MR) is 63.2 cm³/mol. The average molecular weight is 237 g/mol. The van der Waals surface area contributed by atoms with E-state index in [2.05, 4.69) is 13.8 Å². The summed E-state index contributed by atoms with van der Waals surface area (Å²) in [5.74, 6) is -0.330. The summed E-state index contributed by atoms with van der Waals surface area (Å²) in [5.41, 5.74) is 0.380. The molecule has 0 aromatic heterocycles. The molecule has 17 heavy (non-hydrogen) atoms. The van der Waals surface area contributed by atoms with Crippen LogP contribution in [0.2, 0.25) is 0 Å². The van der Waals surface area contributed by atoms with E-state index < -0.39 is 0 Å². The smallest absolute Gasteiger partial charge is 0.256 e. The quantitative estimate of drug-likeness (QED) is 0.699. The van der Waals surface area contributed by atoms with E-state index in [9.17, 15) is 9.59 Å². The molecule has 1 fully saturated rings. The van der Waals surface area contributed by atoms with Crippen molar-refractivity contribution in [2.45, 2.75) is 46.3 Å². The molecule has 2 aliphatic rings. The van der Waals surface area contributed by atoms with Gasteiger partial charge >= 0.3 is 0 Å². The zero-order valence-corrected chi connectivity index (χ0v) is 10.8. The zero-order valence-electron chi connectivity index (χ0n) is 10.8. The van der Waals surface area contributed by atoms with Gasteiger partial charge in [0.2, 0.25) is 0 Å². The Morgan fingerprint density at radius 1 is 1.47 bits per heavy atom. The molecule has 0 aromatic carbocycles. The fourth-order valence-corrected chi connectivity index (χ4v) is 2.69. The van der Waals surface area contributed by atoms with Crippen LogP contribution in [0.5, 0.6) is 0 Å². The third kappa shape index (κ3) is 1.71. The van der Waals surface area contributed by atoms with Gasteiger partial charge in [-0.05, 0) is 20.3 Å². The Labute approximate surface area is 102 Å². The molecule has 94 valence electrons. The number of amides is 2. The van der Waals surface area contributed by atoms with Gasteiger partial charge in [-0.15, -0.1) is 0 Å². The second-order valence-electron chi connectivity index (χ2n) is 5.36. The molecular weight excluding hydrogens is 218 g/mol. The van der Waals surface area contributed by atoms with Gasteiger partial charge in [0, 0.05) is 23.7 Å². The molecule has 0 radical (unpaired) electrons. The van der Waals surface area contributed by atoms with Crippen LogP contribution in [0, 0.1) is 5.41 Å². The fraction of sp³-hybridized carbons (Fsp3) is 0.692. The third-order valence-electron chi connectivity index (χ3n) is 3.94. The summed E-state index contributed by atoms with van der Waals surface area (Å²) < 4.78 is 5.61. The van der Waals surface area contributed by atoms with Crippen LogP contribution >= 0.6 is 0 Å². The van der Waals surface area contributed by atoms with Crippen molar-refractivity contribution in [1.29, 1.82) is 0 Å². The first kappa shape index (κ1) is 12.3. The third-order valence-corrected chi connectivity index (χ3v) is 3.94. The van der Waals surface area contributed by atoms with Crippen molar-refractivity contribution in [3.63, 3.8) is 0 Å². The number of hydrogen-bond acceptors (Lipinski definition) is 3. The average Bonchev–Trinajstić information content (AvgIpc) is 2.49. The number of nitrogens with zero attached hydrogens (tertiary/aromatic N) is 1. The van der Waals surface area contributed by atoms with Crippen molar-refractivity contribution in [1.82, 2.24) is 4.90 Å². The summed E-state index contributed by atoms with van der Waals surface area (Å²) in [5, 5.41) is 0. The summed E-state index contributed by atoms with van der Waals surface area (Å²) in [7, 11) is 0. The Morgan fingerprint density at radius 2 is 2.12 bits per heavy atom. The summed E-state index contributed by atoms with van der Waals surface area (Å²) in [4.78, 5) is 25.1. The van der Waals surface area contributed by atoms with Gasteiger partial charge in [-0.2, -0.15) is 0 Å². The second kappa shape index (κ2) is 3.95. The van der Waals surface area contributed by atoms with Crippen molar-refractivity contribution in [2.75, 3.05) is 6.61 Å². The Morgan fingerprint density at radius 3 is 2.53 bits per heavy atom. The highest BCUT2D eigenvalue weighted by molar-refractivity contribution is 6.16. The van der Waals surface area contributed by atoms with Crippen molar-refractivity contribution in [3.05, 3.63) is 11.6 Å². The van der Waals surface area contributed by atoms with Gasteiger partial charge < -0.3 is 4.74 Å². The van der Waals surface area contributed by atoms with E-state index in [1.807, 2.05) is 6.92 Å². The van der Waals surface area contributed by atoms with Gasteiger partial charge in [-0.25, -0.2) is 0 Å². The van der Waals surface area contributed by atoms with Crippen molar-refractivity contribution in [2.24, 2.45) is 5.41 Å². The molecule has 1 aliphatic heterocycles. The highest BCUT2D eigenvalue weighted by Gasteiger charge is 2.55. The fourth-order valence-electron chi connectivity index (χ4n) is 2.69. The maximum absolute atomic E-state index is 11.9. The first-order valence-electron chi connectivity index (χ1n) is 6.07. The standard InChI is InChI=1S/C13H19NO3/c1-5-17-10-7-9(13(10,3)4)14-11(15)6-8(2)12(14)16/h6,9-10H,5,7H2,1-4H3. The molecule has 2 rings (SSSR count). The Balaban J connectivity index is 2.12. The Hall–Kier alpha value is -1.16. The van der Waals surface area contributed by atoms with Crippen LogP contribution in [0.1, 0.15) is 34.1 Å². The molecule has 4 heteroatoms. The van der Waals surface area contributed by atoms with Crippen LogP contribution in [-0.4, -0.2) is 35.5 Å². The molecular formula is C13H19NO3. The molecule has 0 aromatic rings. The maximum Gasteiger partial charge on any atom is 0.256 e. The van der Waals surface area contributed by atoms with Gasteiger partial charge in [-0.3, -0.25) is 14.5 Å². The van der Waals surface area contributed by atoms with E-state index in [0.29, 0.717) is 12.2 Å². The monoisotopic (exact) mass is 237 g/mol. The molecule has 2 unspecified atom stereocenters. The van der Waals surface area contributed by atoms with Crippen LogP contribution in [-0.2, 0) is 14.3 Å². The zero-order chi connectivity index (χ0) is 12.8. The topological polar surface area (TPSA) is 46.6 Å². The first-order chi connectivity index (χ1) is 7.89. The lowest BCUT2D eigenvalue weighted by Gasteiger charge is -2.54. The van der Waals surface area contributed by atoms with E-state index in [1.54, 1.807) is 6.92 Å². The van der Waals surface area contributed by atoms with E-state index in [4.69, 9.17) is 4.74 Å². The Kier molecular flexibility index (Phi) is 2.86. The highest BCUT2D eigenvalue weighted by atomic mass is 16.5. The van der Waals surface area contributed by atoms with Crippen LogP contribution < -0.4 is 0 Å². The van der Waals surface area contributed by atoms with Crippen LogP contribution in [0.3, 0.4) is 0 Å². The molecule has 0 saturated heterocycles. The van der Waals surface area contributed by atoms with E-state index >= 15 is 0 Å². The summed E-state index contributed by atoms with van der Waals surface area (Å²) in [6.45, 7) is 8.42. The second-order valence-corrected chi connectivity index (χ2v) is 5.36. The minimum Gasteiger partial charge on any atom is -0.378 e.